The van der Waals surface area contributed by atoms with Gasteiger partial charge < -0.3 is 14.8 Å². The lowest BCUT2D eigenvalue weighted by molar-refractivity contribution is 0.284. The van der Waals surface area contributed by atoms with Crippen LogP contribution in [0.25, 0.3) is 0 Å². The average Bonchev–Trinajstić information content (AvgIpc) is 2.59. The lowest BCUT2D eigenvalue weighted by Crippen LogP contribution is -2.37. The zero-order chi connectivity index (χ0) is 18.4. The third kappa shape index (κ3) is 5.65. The monoisotopic (exact) mass is 361 g/mol. The van der Waals surface area contributed by atoms with Gasteiger partial charge >= 0.3 is 0 Å². The van der Waals surface area contributed by atoms with E-state index in [-0.39, 0.29) is 5.54 Å². The summed E-state index contributed by atoms with van der Waals surface area (Å²) in [6.07, 6.45) is 1.04. The van der Waals surface area contributed by atoms with Crippen LogP contribution in [0.4, 0.5) is 0 Å². The van der Waals surface area contributed by atoms with Gasteiger partial charge in [0.1, 0.15) is 6.61 Å². The lowest BCUT2D eigenvalue weighted by Gasteiger charge is -2.25. The highest BCUT2D eigenvalue weighted by molar-refractivity contribution is 6.31. The molecule has 0 amide bonds. The Hall–Kier alpha value is -1.71. The van der Waals surface area contributed by atoms with Gasteiger partial charge in [-0.15, -0.1) is 0 Å². The number of hydrogen-bond donors (Lipinski definition) is 1. The standard InChI is InChI=1S/C21H28ClNO2/c1-6-21(3,4)23-13-17-11-19(24-5)20(12-18(17)22)25-14-16-9-7-8-15(2)10-16/h7-12,23H,6,13-14H2,1-5H3. The SMILES string of the molecule is CCC(C)(C)NCc1cc(OC)c(OCc2cccc(C)c2)cc1Cl. The van der Waals surface area contributed by atoms with Gasteiger partial charge in [-0.3, -0.25) is 0 Å². The largest absolute Gasteiger partial charge is 0.493 e. The molecule has 3 nitrogen and oxygen atoms in total. The Morgan fingerprint density at radius 1 is 1.12 bits per heavy atom. The summed E-state index contributed by atoms with van der Waals surface area (Å²) in [5.74, 6) is 1.36. The molecule has 0 aliphatic carbocycles. The number of halogens is 1. The van der Waals surface area contributed by atoms with Crippen molar-refractivity contribution in [3.05, 3.63) is 58.1 Å². The highest BCUT2D eigenvalue weighted by Crippen LogP contribution is 2.34. The number of rotatable bonds is 8. The van der Waals surface area contributed by atoms with Crippen molar-refractivity contribution in [2.75, 3.05) is 7.11 Å². The number of methoxy groups -OCH3 is 1. The van der Waals surface area contributed by atoms with Crippen LogP contribution in [0.1, 0.15) is 43.9 Å². The van der Waals surface area contributed by atoms with Crippen LogP contribution >= 0.6 is 11.6 Å². The molecule has 0 saturated carbocycles. The molecular formula is C21H28ClNO2. The minimum absolute atomic E-state index is 0.0664. The minimum Gasteiger partial charge on any atom is -0.493 e. The molecule has 0 aliphatic heterocycles. The number of nitrogens with one attached hydrogen (secondary N) is 1. The number of hydrogen-bond acceptors (Lipinski definition) is 3. The van der Waals surface area contributed by atoms with Gasteiger partial charge in [0, 0.05) is 23.2 Å². The summed E-state index contributed by atoms with van der Waals surface area (Å²) in [6, 6.07) is 12.0. The van der Waals surface area contributed by atoms with E-state index in [9.17, 15) is 0 Å². The molecule has 136 valence electrons. The molecular weight excluding hydrogens is 334 g/mol. The van der Waals surface area contributed by atoms with Gasteiger partial charge in [0.25, 0.3) is 0 Å². The molecule has 4 heteroatoms. The smallest absolute Gasteiger partial charge is 0.163 e. The van der Waals surface area contributed by atoms with E-state index in [0.29, 0.717) is 29.7 Å². The van der Waals surface area contributed by atoms with Crippen LogP contribution < -0.4 is 14.8 Å². The fourth-order valence-electron chi connectivity index (χ4n) is 2.41. The summed E-state index contributed by atoms with van der Waals surface area (Å²) >= 11 is 6.46. The van der Waals surface area contributed by atoms with Gasteiger partial charge in [-0.1, -0.05) is 48.4 Å². The van der Waals surface area contributed by atoms with Gasteiger partial charge in [0.15, 0.2) is 11.5 Å². The fourth-order valence-corrected chi connectivity index (χ4v) is 2.63. The average molecular weight is 362 g/mol. The Balaban J connectivity index is 2.12. The summed E-state index contributed by atoms with van der Waals surface area (Å²) in [6.45, 7) is 9.76. The summed E-state index contributed by atoms with van der Waals surface area (Å²) < 4.78 is 11.4. The van der Waals surface area contributed by atoms with E-state index in [4.69, 9.17) is 21.1 Å². The molecule has 25 heavy (non-hydrogen) atoms. The molecule has 2 aromatic rings. The molecule has 0 atom stereocenters. The first-order valence-corrected chi connectivity index (χ1v) is 9.02. The fraction of sp³-hybridized carbons (Fsp3) is 0.429. The van der Waals surface area contributed by atoms with E-state index in [2.05, 4.69) is 45.1 Å². The second-order valence-corrected chi connectivity index (χ2v) is 7.37. The van der Waals surface area contributed by atoms with E-state index in [0.717, 1.165) is 17.5 Å². The van der Waals surface area contributed by atoms with E-state index >= 15 is 0 Å². The van der Waals surface area contributed by atoms with E-state index in [1.165, 1.54) is 5.56 Å². The van der Waals surface area contributed by atoms with Crippen LogP contribution in [-0.2, 0) is 13.2 Å². The van der Waals surface area contributed by atoms with E-state index in [1.54, 1.807) is 7.11 Å². The Morgan fingerprint density at radius 3 is 2.52 bits per heavy atom. The Bertz CT molecular complexity index is 713. The molecule has 0 unspecified atom stereocenters. The molecule has 2 aromatic carbocycles. The van der Waals surface area contributed by atoms with Crippen molar-refractivity contribution in [3.8, 4) is 11.5 Å². The van der Waals surface area contributed by atoms with Gasteiger partial charge in [0.2, 0.25) is 0 Å². The molecule has 0 bridgehead atoms. The predicted octanol–water partition coefficient (Wildman–Crippen LogP) is 5.51. The van der Waals surface area contributed by atoms with Crippen molar-refractivity contribution in [2.24, 2.45) is 0 Å². The highest BCUT2D eigenvalue weighted by atomic mass is 35.5. The highest BCUT2D eigenvalue weighted by Gasteiger charge is 2.16. The Labute approximate surface area is 156 Å². The molecule has 2 rings (SSSR count). The van der Waals surface area contributed by atoms with Crippen molar-refractivity contribution < 1.29 is 9.47 Å². The maximum atomic E-state index is 6.46. The maximum Gasteiger partial charge on any atom is 0.163 e. The summed E-state index contributed by atoms with van der Waals surface area (Å²) in [4.78, 5) is 0. The maximum absolute atomic E-state index is 6.46. The zero-order valence-corrected chi connectivity index (χ0v) is 16.5. The third-order valence-electron chi connectivity index (χ3n) is 4.45. The second-order valence-electron chi connectivity index (χ2n) is 6.96. The van der Waals surface area contributed by atoms with Gasteiger partial charge in [0.05, 0.1) is 7.11 Å². The molecule has 0 radical (unpaired) electrons. The Morgan fingerprint density at radius 2 is 1.88 bits per heavy atom. The first-order chi connectivity index (χ1) is 11.8. The van der Waals surface area contributed by atoms with Crippen LogP contribution in [0.3, 0.4) is 0 Å². The molecule has 0 aromatic heterocycles. The number of aryl methyl sites for hydroxylation is 1. The van der Waals surface area contributed by atoms with Crippen molar-refractivity contribution >= 4 is 11.6 Å². The van der Waals surface area contributed by atoms with Gasteiger partial charge in [-0.05, 0) is 44.4 Å². The van der Waals surface area contributed by atoms with Crippen LogP contribution in [-0.4, -0.2) is 12.6 Å². The number of benzene rings is 2. The van der Waals surface area contributed by atoms with Crippen molar-refractivity contribution in [3.63, 3.8) is 0 Å². The molecule has 0 fully saturated rings. The van der Waals surface area contributed by atoms with Crippen LogP contribution in [0.15, 0.2) is 36.4 Å². The normalized spacial score (nSPS) is 11.4. The molecule has 0 spiro atoms. The Kier molecular flexibility index (Phi) is 6.74. The van der Waals surface area contributed by atoms with Crippen LogP contribution in [0, 0.1) is 6.92 Å². The van der Waals surface area contributed by atoms with Gasteiger partial charge in [-0.2, -0.15) is 0 Å². The lowest BCUT2D eigenvalue weighted by atomic mass is 10.0. The zero-order valence-electron chi connectivity index (χ0n) is 15.8. The quantitative estimate of drug-likeness (QED) is 0.672. The van der Waals surface area contributed by atoms with E-state index < -0.39 is 0 Å². The molecule has 1 N–H and O–H groups in total. The van der Waals surface area contributed by atoms with Crippen molar-refractivity contribution in [1.29, 1.82) is 0 Å². The number of ether oxygens (including phenoxy) is 2. The first-order valence-electron chi connectivity index (χ1n) is 8.64. The van der Waals surface area contributed by atoms with Gasteiger partial charge in [-0.25, -0.2) is 0 Å². The second kappa shape index (κ2) is 8.59. The first kappa shape index (κ1) is 19.6. The van der Waals surface area contributed by atoms with Crippen LogP contribution in [0.5, 0.6) is 11.5 Å². The minimum atomic E-state index is 0.0664. The molecule has 0 heterocycles. The molecule has 0 saturated heterocycles. The molecule has 0 aliphatic rings. The van der Waals surface area contributed by atoms with Crippen molar-refractivity contribution in [2.45, 2.75) is 52.8 Å². The van der Waals surface area contributed by atoms with Crippen LogP contribution in [0.2, 0.25) is 5.02 Å². The van der Waals surface area contributed by atoms with Crippen molar-refractivity contribution in [1.82, 2.24) is 5.32 Å². The van der Waals surface area contributed by atoms with E-state index in [1.807, 2.05) is 24.3 Å². The summed E-state index contributed by atoms with van der Waals surface area (Å²) in [7, 11) is 1.65. The third-order valence-corrected chi connectivity index (χ3v) is 4.80. The predicted molar refractivity (Wildman–Crippen MR) is 105 cm³/mol. The summed E-state index contributed by atoms with van der Waals surface area (Å²) in [5, 5.41) is 4.20. The summed E-state index contributed by atoms with van der Waals surface area (Å²) in [5.41, 5.74) is 3.40. The topological polar surface area (TPSA) is 30.5 Å².